The van der Waals surface area contributed by atoms with E-state index in [-0.39, 0.29) is 11.7 Å². The van der Waals surface area contributed by atoms with E-state index in [1.807, 2.05) is 36.4 Å². The molecule has 1 atom stereocenters. The number of aromatic nitrogens is 1. The number of hydrogen-bond donors (Lipinski definition) is 3. The number of nitrogens with zero attached hydrogens (tertiary/aromatic N) is 3. The molecule has 0 spiro atoms. The molecule has 11 nitrogen and oxygen atoms in total. The minimum absolute atomic E-state index is 0.0215. The minimum Gasteiger partial charge on any atom is -0.451 e. The average molecular weight is 641 g/mol. The maximum absolute atomic E-state index is 12.9. The number of unbranched alkanes of at least 4 members (excludes halogenated alkanes) is 1. The molecule has 0 aliphatic carbocycles. The summed E-state index contributed by atoms with van der Waals surface area (Å²) in [5.41, 5.74) is 3.91. The second-order valence-electron chi connectivity index (χ2n) is 13.5. The monoisotopic (exact) mass is 640 g/mol. The number of carbonyl (C=O) groups is 3. The molecule has 0 radical (unpaired) electrons. The molecule has 47 heavy (non-hydrogen) atoms. The minimum atomic E-state index is -0.957. The number of nitrogens with one attached hydrogen (secondary N) is 3. The summed E-state index contributed by atoms with van der Waals surface area (Å²) in [6.45, 7) is 13.5. The van der Waals surface area contributed by atoms with E-state index < -0.39 is 29.6 Å². The molecule has 5 rings (SSSR count). The number of piperazine rings is 1. The number of aromatic amines is 1. The third kappa shape index (κ3) is 8.51. The first kappa shape index (κ1) is 33.5. The first-order valence-electron chi connectivity index (χ1n) is 16.3. The van der Waals surface area contributed by atoms with Crippen LogP contribution in [-0.4, -0.2) is 72.2 Å². The fraction of sp³-hybridized carbons (Fsp3) is 0.444. The molecule has 0 bridgehead atoms. The van der Waals surface area contributed by atoms with Gasteiger partial charge in [-0.1, -0.05) is 13.8 Å². The highest BCUT2D eigenvalue weighted by Crippen LogP contribution is 2.27. The van der Waals surface area contributed by atoms with Gasteiger partial charge in [-0.05, 0) is 101 Å². The Labute approximate surface area is 275 Å². The van der Waals surface area contributed by atoms with Gasteiger partial charge in [-0.25, -0.2) is 4.79 Å². The summed E-state index contributed by atoms with van der Waals surface area (Å²) in [6, 6.07) is 14.5. The topological polar surface area (TPSA) is 144 Å². The van der Waals surface area contributed by atoms with E-state index in [1.165, 1.54) is 5.56 Å². The zero-order chi connectivity index (χ0) is 33.7. The van der Waals surface area contributed by atoms with Crippen molar-refractivity contribution in [3.05, 3.63) is 65.5 Å². The van der Waals surface area contributed by atoms with Gasteiger partial charge in [-0.2, -0.15) is 5.26 Å². The van der Waals surface area contributed by atoms with Gasteiger partial charge in [-0.3, -0.25) is 19.8 Å². The van der Waals surface area contributed by atoms with Crippen LogP contribution < -0.4 is 15.5 Å². The molecule has 4 aromatic rings. The Morgan fingerprint density at radius 1 is 1.04 bits per heavy atom. The first-order chi connectivity index (χ1) is 22.4. The van der Waals surface area contributed by atoms with Gasteiger partial charge in [0.05, 0.1) is 11.6 Å². The van der Waals surface area contributed by atoms with E-state index in [9.17, 15) is 19.6 Å². The number of rotatable bonds is 10. The molecule has 3 amide bonds. The lowest BCUT2D eigenvalue weighted by Crippen LogP contribution is -2.52. The largest absolute Gasteiger partial charge is 0.451 e. The number of carbonyl (C=O) groups excluding carboxylic acids is 3. The van der Waals surface area contributed by atoms with Gasteiger partial charge in [-0.15, -0.1) is 0 Å². The van der Waals surface area contributed by atoms with Crippen LogP contribution in [0.3, 0.4) is 0 Å². The number of furan rings is 1. The molecule has 11 heteroatoms. The molecule has 2 aromatic heterocycles. The Hall–Kier alpha value is -4.82. The number of aryl methyl sites for hydroxylation is 1. The van der Waals surface area contributed by atoms with E-state index in [0.29, 0.717) is 11.1 Å². The van der Waals surface area contributed by atoms with Gasteiger partial charge < -0.3 is 24.4 Å². The maximum atomic E-state index is 12.9. The third-order valence-corrected chi connectivity index (χ3v) is 8.39. The Morgan fingerprint density at radius 2 is 1.81 bits per heavy atom. The molecule has 3 N–H and O–H groups in total. The van der Waals surface area contributed by atoms with Gasteiger partial charge in [0.25, 0.3) is 5.91 Å². The molecular formula is C36H44N6O5. The lowest BCUT2D eigenvalue weighted by Gasteiger charge is -2.36. The lowest BCUT2D eigenvalue weighted by molar-refractivity contribution is -0.123. The molecule has 1 saturated heterocycles. The standard InChI is InChI=1S/C36H44N6O5/c1-23(2)32(39-35(45)47-36(3,4)5)34(44)40-33(43)31-20-26-19-27(10-12-30(26)46-31)42-16-14-41(15-17-42)13-7-6-8-25-22-38-29-11-9-24(21-37)18-28(25)29/h9-12,18-20,22-23,32,38H,6-8,13-17H2,1-5H3,(H,39,45)(H,40,43,44). The van der Waals surface area contributed by atoms with E-state index in [2.05, 4.69) is 37.7 Å². The Bertz CT molecular complexity index is 1780. The van der Waals surface area contributed by atoms with Crippen LogP contribution >= 0.6 is 0 Å². The number of fused-ring (bicyclic) bond motifs is 2. The van der Waals surface area contributed by atoms with E-state index in [4.69, 9.17) is 9.15 Å². The summed E-state index contributed by atoms with van der Waals surface area (Å²) in [4.78, 5) is 46.3. The molecule has 1 aliphatic heterocycles. The summed E-state index contributed by atoms with van der Waals surface area (Å²) in [7, 11) is 0. The highest BCUT2D eigenvalue weighted by atomic mass is 16.6. The van der Waals surface area contributed by atoms with Gasteiger partial charge in [0.15, 0.2) is 5.76 Å². The van der Waals surface area contributed by atoms with Crippen LogP contribution in [-0.2, 0) is 16.0 Å². The highest BCUT2D eigenvalue weighted by molar-refractivity contribution is 6.07. The van der Waals surface area contributed by atoms with Crippen molar-refractivity contribution in [2.75, 3.05) is 37.6 Å². The summed E-state index contributed by atoms with van der Waals surface area (Å²) in [5.74, 6) is -1.57. The van der Waals surface area contributed by atoms with Crippen LogP contribution in [0.1, 0.15) is 69.1 Å². The molecular weight excluding hydrogens is 596 g/mol. The van der Waals surface area contributed by atoms with Gasteiger partial charge >= 0.3 is 6.09 Å². The number of amides is 3. The second-order valence-corrected chi connectivity index (χ2v) is 13.5. The number of anilines is 1. The lowest BCUT2D eigenvalue weighted by atomic mass is 10.0. The average Bonchev–Trinajstić information content (AvgIpc) is 3.64. The van der Waals surface area contributed by atoms with E-state index in [0.717, 1.165) is 74.0 Å². The summed E-state index contributed by atoms with van der Waals surface area (Å²) >= 11 is 0. The molecule has 3 heterocycles. The fourth-order valence-corrected chi connectivity index (χ4v) is 5.90. The first-order valence-corrected chi connectivity index (χ1v) is 16.3. The molecule has 248 valence electrons. The molecule has 2 aromatic carbocycles. The fourth-order valence-electron chi connectivity index (χ4n) is 5.90. The molecule has 1 fully saturated rings. The van der Waals surface area contributed by atoms with Crippen LogP contribution in [0.25, 0.3) is 21.9 Å². The number of alkyl carbamates (subject to hydrolysis) is 1. The number of H-pyrrole nitrogens is 1. The van der Waals surface area contributed by atoms with Gasteiger partial charge in [0.1, 0.15) is 17.2 Å². The van der Waals surface area contributed by atoms with E-state index >= 15 is 0 Å². The predicted molar refractivity (Wildman–Crippen MR) is 181 cm³/mol. The van der Waals surface area contributed by atoms with Crippen molar-refractivity contribution in [3.8, 4) is 6.07 Å². The van der Waals surface area contributed by atoms with Crippen molar-refractivity contribution in [2.24, 2.45) is 5.92 Å². The highest BCUT2D eigenvalue weighted by Gasteiger charge is 2.29. The third-order valence-electron chi connectivity index (χ3n) is 8.39. The van der Waals surface area contributed by atoms with Crippen LogP contribution in [0, 0.1) is 17.2 Å². The van der Waals surface area contributed by atoms with Crippen molar-refractivity contribution in [2.45, 2.75) is 65.5 Å². The van der Waals surface area contributed by atoms with Crippen LogP contribution in [0.4, 0.5) is 10.5 Å². The number of hydrogen-bond acceptors (Lipinski definition) is 8. The van der Waals surface area contributed by atoms with Crippen molar-refractivity contribution in [3.63, 3.8) is 0 Å². The number of imide groups is 1. The van der Waals surface area contributed by atoms with Crippen molar-refractivity contribution >= 4 is 45.5 Å². The van der Waals surface area contributed by atoms with Crippen molar-refractivity contribution < 1.29 is 23.5 Å². The van der Waals surface area contributed by atoms with Crippen molar-refractivity contribution in [1.82, 2.24) is 20.5 Å². The second kappa shape index (κ2) is 14.3. The summed E-state index contributed by atoms with van der Waals surface area (Å²) < 4.78 is 11.0. The Morgan fingerprint density at radius 3 is 2.51 bits per heavy atom. The Kier molecular flexibility index (Phi) is 10.2. The summed E-state index contributed by atoms with van der Waals surface area (Å²) in [5, 5.41) is 16.1. The molecule has 1 unspecified atom stereocenters. The van der Waals surface area contributed by atoms with Gasteiger partial charge in [0, 0.05) is 54.4 Å². The predicted octanol–water partition coefficient (Wildman–Crippen LogP) is 5.74. The van der Waals surface area contributed by atoms with Crippen LogP contribution in [0.2, 0.25) is 0 Å². The molecule has 0 saturated carbocycles. The zero-order valence-corrected chi connectivity index (χ0v) is 27.8. The Balaban J connectivity index is 1.10. The zero-order valence-electron chi connectivity index (χ0n) is 27.8. The van der Waals surface area contributed by atoms with Crippen LogP contribution in [0.5, 0.6) is 0 Å². The number of ether oxygens (including phenoxy) is 1. The molecule has 1 aliphatic rings. The van der Waals surface area contributed by atoms with E-state index in [1.54, 1.807) is 40.7 Å². The normalized spacial score (nSPS) is 14.7. The SMILES string of the molecule is CC(C)C(NC(=O)OC(C)(C)C)C(=O)NC(=O)c1cc2cc(N3CCN(CCCCc4c[nH]c5ccc(C#N)cc45)CC3)ccc2o1. The van der Waals surface area contributed by atoms with Crippen molar-refractivity contribution in [1.29, 1.82) is 5.26 Å². The summed E-state index contributed by atoms with van der Waals surface area (Å²) in [6.07, 6.45) is 4.50. The number of nitriles is 1. The van der Waals surface area contributed by atoms with Crippen LogP contribution in [0.15, 0.2) is 53.1 Å². The van der Waals surface area contributed by atoms with Gasteiger partial charge in [0.2, 0.25) is 5.91 Å². The smallest absolute Gasteiger partial charge is 0.408 e. The number of benzene rings is 2. The quantitative estimate of drug-likeness (QED) is 0.186. The maximum Gasteiger partial charge on any atom is 0.408 e.